The molecule has 2 aromatic carbocycles. The lowest BCUT2D eigenvalue weighted by Gasteiger charge is -2.29. The van der Waals surface area contributed by atoms with Crippen LogP contribution in [0, 0.1) is 5.92 Å². The molecule has 2 aliphatic rings. The standard InChI is InChI=1S/C21H18N4/c22-20-18-6-1-2-7-19(18)21(25-20,16-8-9-16)17-5-3-4-14(10-17)15-11-23-13-24-12-15/h1-7,10-13,16H,8-9H2,(H2,22,25). The number of benzene rings is 2. The summed E-state index contributed by atoms with van der Waals surface area (Å²) in [4.78, 5) is 13.3. The Bertz CT molecular complexity index is 976. The van der Waals surface area contributed by atoms with E-state index in [9.17, 15) is 0 Å². The van der Waals surface area contributed by atoms with Crippen molar-refractivity contribution in [2.45, 2.75) is 18.4 Å². The van der Waals surface area contributed by atoms with Crippen LogP contribution in [0.5, 0.6) is 0 Å². The molecule has 0 saturated heterocycles. The number of nitrogens with two attached hydrogens (primary N) is 1. The van der Waals surface area contributed by atoms with Crippen LogP contribution in [0.4, 0.5) is 0 Å². The number of hydrogen-bond acceptors (Lipinski definition) is 4. The van der Waals surface area contributed by atoms with Gasteiger partial charge in [0.15, 0.2) is 0 Å². The van der Waals surface area contributed by atoms with Crippen molar-refractivity contribution in [2.75, 3.05) is 0 Å². The molecule has 1 aliphatic heterocycles. The normalized spacial score (nSPS) is 21.7. The maximum atomic E-state index is 6.30. The van der Waals surface area contributed by atoms with E-state index in [4.69, 9.17) is 10.7 Å². The minimum atomic E-state index is -0.355. The van der Waals surface area contributed by atoms with Gasteiger partial charge in [0, 0.05) is 23.5 Å². The van der Waals surface area contributed by atoms with Crippen LogP contribution in [0.15, 0.2) is 72.2 Å². The summed E-state index contributed by atoms with van der Waals surface area (Å²) >= 11 is 0. The summed E-state index contributed by atoms with van der Waals surface area (Å²) in [6.45, 7) is 0. The highest BCUT2D eigenvalue weighted by Gasteiger charge is 2.51. The van der Waals surface area contributed by atoms with Gasteiger partial charge in [0.2, 0.25) is 0 Å². The third kappa shape index (κ3) is 2.10. The van der Waals surface area contributed by atoms with Crippen LogP contribution in [0.3, 0.4) is 0 Å². The fourth-order valence-corrected chi connectivity index (χ4v) is 4.00. The number of rotatable bonds is 3. The van der Waals surface area contributed by atoms with Crippen molar-refractivity contribution in [1.29, 1.82) is 0 Å². The lowest BCUT2D eigenvalue weighted by Crippen LogP contribution is -2.26. The van der Waals surface area contributed by atoms with E-state index in [1.54, 1.807) is 6.33 Å². The Morgan fingerprint density at radius 3 is 2.52 bits per heavy atom. The number of hydrogen-bond donors (Lipinski definition) is 1. The first-order valence-corrected chi connectivity index (χ1v) is 8.60. The van der Waals surface area contributed by atoms with E-state index in [0.717, 1.165) is 16.7 Å². The van der Waals surface area contributed by atoms with E-state index in [-0.39, 0.29) is 5.54 Å². The van der Waals surface area contributed by atoms with Crippen LogP contribution < -0.4 is 5.73 Å². The summed E-state index contributed by atoms with van der Waals surface area (Å²) in [5, 5.41) is 0. The van der Waals surface area contributed by atoms with Gasteiger partial charge < -0.3 is 5.73 Å². The maximum absolute atomic E-state index is 6.30. The third-order valence-electron chi connectivity index (χ3n) is 5.28. The van der Waals surface area contributed by atoms with Crippen LogP contribution in [0.25, 0.3) is 11.1 Å². The number of nitrogens with zero attached hydrogens (tertiary/aromatic N) is 3. The fraction of sp³-hybridized carbons (Fsp3) is 0.190. The molecule has 0 bridgehead atoms. The molecule has 1 fully saturated rings. The average Bonchev–Trinajstić information content (AvgIpc) is 3.48. The van der Waals surface area contributed by atoms with Crippen molar-refractivity contribution in [2.24, 2.45) is 16.6 Å². The van der Waals surface area contributed by atoms with Crippen LogP contribution in [-0.2, 0) is 5.54 Å². The van der Waals surface area contributed by atoms with Crippen LogP contribution in [0.1, 0.15) is 29.5 Å². The summed E-state index contributed by atoms with van der Waals surface area (Å²) < 4.78 is 0. The summed E-state index contributed by atoms with van der Waals surface area (Å²) in [7, 11) is 0. The average molecular weight is 326 g/mol. The number of aromatic nitrogens is 2. The van der Waals surface area contributed by atoms with Crippen LogP contribution >= 0.6 is 0 Å². The van der Waals surface area contributed by atoms with E-state index >= 15 is 0 Å². The zero-order valence-electron chi connectivity index (χ0n) is 13.8. The maximum Gasteiger partial charge on any atom is 0.127 e. The summed E-state index contributed by atoms with van der Waals surface area (Å²) in [6.07, 6.45) is 7.61. The van der Waals surface area contributed by atoms with Gasteiger partial charge in [-0.2, -0.15) is 0 Å². The van der Waals surface area contributed by atoms with E-state index in [1.165, 1.54) is 24.0 Å². The van der Waals surface area contributed by atoms with Gasteiger partial charge in [-0.1, -0.05) is 42.5 Å². The Morgan fingerprint density at radius 2 is 1.72 bits per heavy atom. The molecule has 2 N–H and O–H groups in total. The highest BCUT2D eigenvalue weighted by Crippen LogP contribution is 2.55. The van der Waals surface area contributed by atoms with Gasteiger partial charge in [0.05, 0.1) is 0 Å². The van der Waals surface area contributed by atoms with Gasteiger partial charge >= 0.3 is 0 Å². The summed E-state index contributed by atoms with van der Waals surface area (Å²) in [5.41, 5.74) is 11.6. The molecule has 122 valence electrons. The third-order valence-corrected chi connectivity index (χ3v) is 5.28. The quantitative estimate of drug-likeness (QED) is 0.801. The van der Waals surface area contributed by atoms with Gasteiger partial charge in [-0.15, -0.1) is 0 Å². The molecule has 4 nitrogen and oxygen atoms in total. The fourth-order valence-electron chi connectivity index (χ4n) is 4.00. The SMILES string of the molecule is NC1=NC(c2cccc(-c3cncnc3)c2)(C2CC2)c2ccccc21. The molecule has 3 aromatic rings. The first-order valence-electron chi connectivity index (χ1n) is 8.60. The lowest BCUT2D eigenvalue weighted by molar-refractivity contribution is 0.480. The van der Waals surface area contributed by atoms with Crippen molar-refractivity contribution >= 4 is 5.84 Å². The second-order valence-corrected chi connectivity index (χ2v) is 6.79. The molecule has 1 saturated carbocycles. The first-order chi connectivity index (χ1) is 12.3. The molecule has 25 heavy (non-hydrogen) atoms. The smallest absolute Gasteiger partial charge is 0.127 e. The molecule has 1 atom stereocenters. The molecule has 0 radical (unpaired) electrons. The minimum absolute atomic E-state index is 0.355. The predicted octanol–water partition coefficient (Wildman–Crippen LogP) is 3.52. The van der Waals surface area contributed by atoms with Crippen LogP contribution in [-0.4, -0.2) is 15.8 Å². The highest BCUT2D eigenvalue weighted by molar-refractivity contribution is 6.02. The topological polar surface area (TPSA) is 64.2 Å². The van der Waals surface area contributed by atoms with Gasteiger partial charge in [0.25, 0.3) is 0 Å². The van der Waals surface area contributed by atoms with E-state index in [0.29, 0.717) is 11.8 Å². The molecule has 0 amide bonds. The Hall–Kier alpha value is -3.01. The number of amidine groups is 1. The van der Waals surface area contributed by atoms with Gasteiger partial charge in [-0.25, -0.2) is 9.97 Å². The second kappa shape index (κ2) is 5.24. The van der Waals surface area contributed by atoms with Gasteiger partial charge in [-0.05, 0) is 41.5 Å². The van der Waals surface area contributed by atoms with Crippen molar-refractivity contribution in [3.8, 4) is 11.1 Å². The van der Waals surface area contributed by atoms with Crippen molar-refractivity contribution in [1.82, 2.24) is 9.97 Å². The zero-order chi connectivity index (χ0) is 16.9. The molecule has 1 aliphatic carbocycles. The van der Waals surface area contributed by atoms with Crippen molar-refractivity contribution in [3.05, 3.63) is 83.9 Å². The molecule has 2 heterocycles. The number of fused-ring (bicyclic) bond motifs is 1. The zero-order valence-corrected chi connectivity index (χ0v) is 13.8. The Kier molecular flexibility index (Phi) is 3.01. The molecule has 4 heteroatoms. The van der Waals surface area contributed by atoms with E-state index in [1.807, 2.05) is 18.5 Å². The molecule has 0 spiro atoms. The molecule has 5 rings (SSSR count). The molecule has 1 aromatic heterocycles. The summed E-state index contributed by atoms with van der Waals surface area (Å²) in [5.74, 6) is 1.16. The Labute approximate surface area is 146 Å². The lowest BCUT2D eigenvalue weighted by atomic mass is 9.78. The van der Waals surface area contributed by atoms with Gasteiger partial charge in [-0.3, -0.25) is 4.99 Å². The first kappa shape index (κ1) is 14.3. The van der Waals surface area contributed by atoms with Crippen molar-refractivity contribution < 1.29 is 0 Å². The Morgan fingerprint density at radius 1 is 0.920 bits per heavy atom. The highest BCUT2D eigenvalue weighted by atomic mass is 15.0. The monoisotopic (exact) mass is 326 g/mol. The molecular formula is C21H18N4. The van der Waals surface area contributed by atoms with E-state index < -0.39 is 0 Å². The van der Waals surface area contributed by atoms with Crippen molar-refractivity contribution in [3.63, 3.8) is 0 Å². The predicted molar refractivity (Wildman–Crippen MR) is 98.1 cm³/mol. The largest absolute Gasteiger partial charge is 0.383 e. The minimum Gasteiger partial charge on any atom is -0.383 e. The van der Waals surface area contributed by atoms with Gasteiger partial charge in [0.1, 0.15) is 17.7 Å². The molecule has 1 unspecified atom stereocenters. The second-order valence-electron chi connectivity index (χ2n) is 6.79. The molecular weight excluding hydrogens is 308 g/mol. The summed E-state index contributed by atoms with van der Waals surface area (Å²) in [6, 6.07) is 16.9. The Balaban J connectivity index is 1.72. The van der Waals surface area contributed by atoms with E-state index in [2.05, 4.69) is 52.4 Å². The van der Waals surface area contributed by atoms with Crippen LogP contribution in [0.2, 0.25) is 0 Å². The number of aliphatic imine (C=N–C) groups is 1.